The summed E-state index contributed by atoms with van der Waals surface area (Å²) in [5.41, 5.74) is 0. The van der Waals surface area contributed by atoms with Crippen LogP contribution in [0.4, 0.5) is 0 Å². The number of hydrogen-bond donors (Lipinski definition) is 1. The Labute approximate surface area is 149 Å². The highest BCUT2D eigenvalue weighted by molar-refractivity contribution is 5.85. The quantitative estimate of drug-likeness (QED) is 0.883. The van der Waals surface area contributed by atoms with Gasteiger partial charge >= 0.3 is 0 Å². The van der Waals surface area contributed by atoms with Crippen LogP contribution in [0.15, 0.2) is 4.52 Å². The third kappa shape index (κ3) is 3.45. The van der Waals surface area contributed by atoms with E-state index < -0.39 is 0 Å². The number of nitrogens with one attached hydrogen (secondary N) is 1. The molecule has 0 spiro atoms. The fourth-order valence-electron chi connectivity index (χ4n) is 4.57. The SMILES string of the molecule is Cc1nc(C2CCN(C(=O)C3CC4CCCCC4N3)CC2)no1.Cl. The average molecular weight is 355 g/mol. The summed E-state index contributed by atoms with van der Waals surface area (Å²) in [7, 11) is 0. The minimum Gasteiger partial charge on any atom is -0.341 e. The highest BCUT2D eigenvalue weighted by Crippen LogP contribution is 2.34. The maximum Gasteiger partial charge on any atom is 0.239 e. The molecule has 134 valence electrons. The topological polar surface area (TPSA) is 71.3 Å². The molecule has 3 aliphatic rings. The van der Waals surface area contributed by atoms with Gasteiger partial charge in [0.1, 0.15) is 0 Å². The Morgan fingerprint density at radius 1 is 1.21 bits per heavy atom. The average Bonchev–Trinajstić information content (AvgIpc) is 3.20. The number of hydrogen-bond acceptors (Lipinski definition) is 5. The number of halogens is 1. The van der Waals surface area contributed by atoms with Gasteiger partial charge < -0.3 is 14.7 Å². The van der Waals surface area contributed by atoms with Crippen molar-refractivity contribution < 1.29 is 9.32 Å². The number of likely N-dealkylation sites (tertiary alicyclic amines) is 1. The molecule has 0 bridgehead atoms. The molecular formula is C17H27ClN4O2. The summed E-state index contributed by atoms with van der Waals surface area (Å²) in [6.07, 6.45) is 8.08. The first-order valence-corrected chi connectivity index (χ1v) is 9.06. The molecule has 0 radical (unpaired) electrons. The summed E-state index contributed by atoms with van der Waals surface area (Å²) >= 11 is 0. The Morgan fingerprint density at radius 3 is 2.62 bits per heavy atom. The minimum atomic E-state index is 0. The molecule has 1 aromatic heterocycles. The van der Waals surface area contributed by atoms with Gasteiger partial charge in [-0.1, -0.05) is 18.0 Å². The van der Waals surface area contributed by atoms with Crippen molar-refractivity contribution in [2.24, 2.45) is 5.92 Å². The van der Waals surface area contributed by atoms with Crippen LogP contribution in [-0.2, 0) is 4.79 Å². The standard InChI is InChI=1S/C17H26N4O2.ClH/c1-11-18-16(20-23-11)12-6-8-21(9-7-12)17(22)15-10-13-4-2-3-5-14(13)19-15;/h12-15,19H,2-10H2,1H3;1H. The fourth-order valence-corrected chi connectivity index (χ4v) is 4.57. The van der Waals surface area contributed by atoms with Crippen molar-refractivity contribution in [3.8, 4) is 0 Å². The van der Waals surface area contributed by atoms with Gasteiger partial charge in [0.25, 0.3) is 0 Å². The van der Waals surface area contributed by atoms with Gasteiger partial charge in [-0.2, -0.15) is 4.98 Å². The Hall–Kier alpha value is -1.14. The van der Waals surface area contributed by atoms with E-state index in [1.807, 2.05) is 11.8 Å². The van der Waals surface area contributed by atoms with Gasteiger partial charge in [0, 0.05) is 32.0 Å². The number of carbonyl (C=O) groups is 1. The predicted octanol–water partition coefficient (Wildman–Crippen LogP) is 2.43. The summed E-state index contributed by atoms with van der Waals surface area (Å²) in [6.45, 7) is 3.44. The molecule has 2 saturated heterocycles. The zero-order valence-electron chi connectivity index (χ0n) is 14.2. The van der Waals surface area contributed by atoms with Gasteiger partial charge in [0.2, 0.25) is 11.8 Å². The molecule has 1 amide bonds. The maximum atomic E-state index is 12.8. The van der Waals surface area contributed by atoms with E-state index in [2.05, 4.69) is 15.5 Å². The Morgan fingerprint density at radius 2 is 1.96 bits per heavy atom. The lowest BCUT2D eigenvalue weighted by molar-refractivity contribution is -0.134. The van der Waals surface area contributed by atoms with Crippen molar-refractivity contribution in [3.63, 3.8) is 0 Å². The first-order chi connectivity index (χ1) is 11.2. The summed E-state index contributed by atoms with van der Waals surface area (Å²) in [6, 6.07) is 0.629. The van der Waals surface area contributed by atoms with E-state index >= 15 is 0 Å². The van der Waals surface area contributed by atoms with Crippen LogP contribution in [0.3, 0.4) is 0 Å². The van der Waals surface area contributed by atoms with Crippen LogP contribution in [0, 0.1) is 12.8 Å². The summed E-state index contributed by atoms with van der Waals surface area (Å²) in [5.74, 6) is 2.78. The van der Waals surface area contributed by atoms with E-state index in [0.717, 1.165) is 44.1 Å². The second-order valence-corrected chi connectivity index (χ2v) is 7.38. The van der Waals surface area contributed by atoms with Crippen molar-refractivity contribution in [1.82, 2.24) is 20.4 Å². The Balaban J connectivity index is 0.00000169. The number of fused-ring (bicyclic) bond motifs is 1. The zero-order chi connectivity index (χ0) is 15.8. The maximum absolute atomic E-state index is 12.8. The van der Waals surface area contributed by atoms with Gasteiger partial charge in [-0.05, 0) is 38.0 Å². The molecule has 3 unspecified atom stereocenters. The van der Waals surface area contributed by atoms with Gasteiger partial charge in [-0.15, -0.1) is 12.4 Å². The number of piperidine rings is 1. The number of aryl methyl sites for hydroxylation is 1. The lowest BCUT2D eigenvalue weighted by Gasteiger charge is -2.32. The molecule has 1 aromatic rings. The van der Waals surface area contributed by atoms with Crippen LogP contribution in [0.2, 0.25) is 0 Å². The van der Waals surface area contributed by atoms with E-state index in [0.29, 0.717) is 23.8 Å². The Bertz CT molecular complexity index is 557. The van der Waals surface area contributed by atoms with Crippen LogP contribution in [0.1, 0.15) is 62.6 Å². The smallest absolute Gasteiger partial charge is 0.239 e. The van der Waals surface area contributed by atoms with Gasteiger partial charge in [-0.25, -0.2) is 0 Å². The summed E-state index contributed by atoms with van der Waals surface area (Å²) < 4.78 is 5.08. The lowest BCUT2D eigenvalue weighted by Crippen LogP contribution is -2.48. The highest BCUT2D eigenvalue weighted by Gasteiger charge is 2.40. The second-order valence-electron chi connectivity index (χ2n) is 7.38. The summed E-state index contributed by atoms with van der Waals surface area (Å²) in [4.78, 5) is 19.2. The number of rotatable bonds is 2. The van der Waals surface area contributed by atoms with E-state index in [9.17, 15) is 4.79 Å². The van der Waals surface area contributed by atoms with Gasteiger partial charge in [0.05, 0.1) is 6.04 Å². The molecule has 4 rings (SSSR count). The molecule has 3 atom stereocenters. The molecule has 3 heterocycles. The molecular weight excluding hydrogens is 328 g/mol. The number of nitrogens with zero attached hydrogens (tertiary/aromatic N) is 3. The predicted molar refractivity (Wildman–Crippen MR) is 92.1 cm³/mol. The molecule has 0 aromatic carbocycles. The lowest BCUT2D eigenvalue weighted by atomic mass is 9.85. The van der Waals surface area contributed by atoms with Crippen LogP contribution < -0.4 is 5.32 Å². The monoisotopic (exact) mass is 354 g/mol. The molecule has 24 heavy (non-hydrogen) atoms. The van der Waals surface area contributed by atoms with Crippen LogP contribution in [0.25, 0.3) is 0 Å². The van der Waals surface area contributed by atoms with E-state index in [4.69, 9.17) is 4.52 Å². The van der Waals surface area contributed by atoms with Gasteiger partial charge in [-0.3, -0.25) is 4.79 Å². The highest BCUT2D eigenvalue weighted by atomic mass is 35.5. The van der Waals surface area contributed by atoms with Crippen LogP contribution >= 0.6 is 12.4 Å². The third-order valence-corrected chi connectivity index (χ3v) is 5.88. The van der Waals surface area contributed by atoms with Crippen molar-refractivity contribution in [3.05, 3.63) is 11.7 Å². The first kappa shape index (κ1) is 17.7. The molecule has 1 saturated carbocycles. The van der Waals surface area contributed by atoms with Crippen LogP contribution in [-0.4, -0.2) is 46.1 Å². The Kier molecular flexibility index (Phi) is 5.45. The van der Waals surface area contributed by atoms with Crippen molar-refractivity contribution >= 4 is 18.3 Å². The molecule has 6 nitrogen and oxygen atoms in total. The third-order valence-electron chi connectivity index (χ3n) is 5.88. The summed E-state index contributed by atoms with van der Waals surface area (Å²) in [5, 5.41) is 7.64. The normalized spacial score (nSPS) is 30.7. The van der Waals surface area contributed by atoms with Crippen LogP contribution in [0.5, 0.6) is 0 Å². The zero-order valence-corrected chi connectivity index (χ0v) is 15.1. The first-order valence-electron chi connectivity index (χ1n) is 9.06. The fraction of sp³-hybridized carbons (Fsp3) is 0.824. The minimum absolute atomic E-state index is 0. The molecule has 1 aliphatic carbocycles. The number of aromatic nitrogens is 2. The van der Waals surface area contributed by atoms with E-state index in [1.54, 1.807) is 0 Å². The van der Waals surface area contributed by atoms with E-state index in [-0.39, 0.29) is 18.4 Å². The number of amides is 1. The molecule has 2 aliphatic heterocycles. The number of carbonyl (C=O) groups excluding carboxylic acids is 1. The van der Waals surface area contributed by atoms with E-state index in [1.165, 1.54) is 25.7 Å². The molecule has 7 heteroatoms. The van der Waals surface area contributed by atoms with Gasteiger partial charge in [0.15, 0.2) is 5.82 Å². The largest absolute Gasteiger partial charge is 0.341 e. The van der Waals surface area contributed by atoms with Crippen molar-refractivity contribution in [1.29, 1.82) is 0 Å². The van der Waals surface area contributed by atoms with Crippen molar-refractivity contribution in [2.75, 3.05) is 13.1 Å². The van der Waals surface area contributed by atoms with Crippen molar-refractivity contribution in [2.45, 2.75) is 69.9 Å². The molecule has 1 N–H and O–H groups in total. The second kappa shape index (κ2) is 7.40. The molecule has 3 fully saturated rings.